The first-order valence-corrected chi connectivity index (χ1v) is 13.5. The molecule has 1 fully saturated rings. The van der Waals surface area contributed by atoms with Crippen LogP contribution in [0.2, 0.25) is 0 Å². The highest BCUT2D eigenvalue weighted by Crippen LogP contribution is 2.33. The highest BCUT2D eigenvalue weighted by molar-refractivity contribution is 5.83. The van der Waals surface area contributed by atoms with Crippen LogP contribution in [0.3, 0.4) is 0 Å². The van der Waals surface area contributed by atoms with E-state index in [2.05, 4.69) is 17.0 Å². The van der Waals surface area contributed by atoms with Crippen molar-refractivity contribution in [2.24, 2.45) is 0 Å². The van der Waals surface area contributed by atoms with Gasteiger partial charge in [-0.25, -0.2) is 9.78 Å². The summed E-state index contributed by atoms with van der Waals surface area (Å²) >= 11 is 0. The number of aromatic nitrogens is 3. The Bertz CT molecular complexity index is 1630. The molecule has 202 valence electrons. The Kier molecular flexibility index (Phi) is 7.16. The molecule has 3 aromatic carbocycles. The molecule has 0 aliphatic carbocycles. The molecule has 0 unspecified atom stereocenters. The first kappa shape index (κ1) is 25.6. The van der Waals surface area contributed by atoms with Crippen molar-refractivity contribution < 1.29 is 14.6 Å². The van der Waals surface area contributed by atoms with Crippen LogP contribution in [-0.4, -0.2) is 56.9 Å². The first-order chi connectivity index (χ1) is 19.6. The molecule has 0 atom stereocenters. The summed E-state index contributed by atoms with van der Waals surface area (Å²) in [5.41, 5.74) is 7.24. The molecule has 5 aromatic rings. The largest absolute Gasteiger partial charge is 0.445 e. The monoisotopic (exact) mass is 533 g/mol. The Hall–Kier alpha value is -4.69. The van der Waals surface area contributed by atoms with Crippen LogP contribution >= 0.6 is 0 Å². The van der Waals surface area contributed by atoms with E-state index in [1.165, 1.54) is 0 Å². The fourth-order valence-electron chi connectivity index (χ4n) is 5.18. The molecule has 0 bridgehead atoms. The van der Waals surface area contributed by atoms with Crippen molar-refractivity contribution in [2.75, 3.05) is 31.1 Å². The van der Waals surface area contributed by atoms with Crippen LogP contribution in [0.25, 0.3) is 28.0 Å². The second-order valence-electron chi connectivity index (χ2n) is 9.93. The van der Waals surface area contributed by atoms with Gasteiger partial charge in [0.25, 0.3) is 0 Å². The Morgan fingerprint density at radius 1 is 0.850 bits per heavy atom. The van der Waals surface area contributed by atoms with Crippen molar-refractivity contribution in [1.82, 2.24) is 19.5 Å². The third-order valence-electron chi connectivity index (χ3n) is 7.28. The summed E-state index contributed by atoms with van der Waals surface area (Å²) in [5.74, 6) is 0.914. The minimum Gasteiger partial charge on any atom is -0.445 e. The van der Waals surface area contributed by atoms with E-state index in [-0.39, 0.29) is 19.3 Å². The normalized spacial score (nSPS) is 13.6. The quantitative estimate of drug-likeness (QED) is 0.318. The lowest BCUT2D eigenvalue weighted by atomic mass is 10.1. The summed E-state index contributed by atoms with van der Waals surface area (Å²) in [5, 5.41) is 14.6. The molecule has 0 radical (unpaired) electrons. The summed E-state index contributed by atoms with van der Waals surface area (Å²) in [7, 11) is 0. The van der Waals surface area contributed by atoms with E-state index >= 15 is 0 Å². The second-order valence-corrected chi connectivity index (χ2v) is 9.93. The Morgan fingerprint density at radius 2 is 1.52 bits per heavy atom. The van der Waals surface area contributed by atoms with Crippen LogP contribution in [-0.2, 0) is 18.0 Å². The van der Waals surface area contributed by atoms with E-state index in [1.54, 1.807) is 4.90 Å². The van der Waals surface area contributed by atoms with Gasteiger partial charge in [-0.05, 0) is 29.7 Å². The Balaban J connectivity index is 1.32. The second kappa shape index (κ2) is 11.2. The zero-order valence-corrected chi connectivity index (χ0v) is 22.4. The molecule has 0 saturated carbocycles. The number of piperazine rings is 1. The van der Waals surface area contributed by atoms with Crippen molar-refractivity contribution in [2.45, 2.75) is 20.1 Å². The van der Waals surface area contributed by atoms with Gasteiger partial charge in [0.15, 0.2) is 5.65 Å². The van der Waals surface area contributed by atoms with Gasteiger partial charge in [-0.3, -0.25) is 0 Å². The topological polar surface area (TPSA) is 83.2 Å². The molecular weight excluding hydrogens is 502 g/mol. The molecule has 3 heterocycles. The number of benzene rings is 3. The molecule has 8 nitrogen and oxygen atoms in total. The Labute approximate surface area is 233 Å². The standard InChI is InChI=1S/C32H31N5O3/c1-23-30(26-12-6-3-7-13-26)31-33-28(27-14-8-11-25(19-27)21-38)20-29(37(31)34-23)35-15-17-36(18-16-35)32(39)40-22-24-9-4-2-5-10-24/h2-14,19-20,38H,15-18,21-22H2,1H3. The van der Waals surface area contributed by atoms with E-state index < -0.39 is 0 Å². The van der Waals surface area contributed by atoms with Gasteiger partial charge in [0.2, 0.25) is 0 Å². The van der Waals surface area contributed by atoms with Crippen LogP contribution < -0.4 is 4.90 Å². The third kappa shape index (κ3) is 5.13. The van der Waals surface area contributed by atoms with Crippen LogP contribution in [0.15, 0.2) is 91.0 Å². The van der Waals surface area contributed by atoms with Crippen molar-refractivity contribution >= 4 is 17.6 Å². The highest BCUT2D eigenvalue weighted by Gasteiger charge is 2.26. The fraction of sp³-hybridized carbons (Fsp3) is 0.219. The molecule has 1 aliphatic rings. The number of aliphatic hydroxyl groups is 1. The van der Waals surface area contributed by atoms with Crippen LogP contribution in [0, 0.1) is 6.92 Å². The van der Waals surface area contributed by atoms with Crippen molar-refractivity contribution in [3.8, 4) is 22.4 Å². The maximum atomic E-state index is 12.8. The summed E-state index contributed by atoms with van der Waals surface area (Å²) in [4.78, 5) is 21.8. The molecule has 1 aliphatic heterocycles. The van der Waals surface area contributed by atoms with Crippen LogP contribution in [0.4, 0.5) is 10.6 Å². The molecule has 40 heavy (non-hydrogen) atoms. The van der Waals surface area contributed by atoms with E-state index in [0.717, 1.165) is 50.7 Å². The lowest BCUT2D eigenvalue weighted by Crippen LogP contribution is -2.49. The lowest BCUT2D eigenvalue weighted by Gasteiger charge is -2.35. The number of aryl methyl sites for hydroxylation is 1. The number of hydrogen-bond donors (Lipinski definition) is 1. The third-order valence-corrected chi connectivity index (χ3v) is 7.28. The van der Waals surface area contributed by atoms with E-state index in [1.807, 2.05) is 90.3 Å². The zero-order valence-electron chi connectivity index (χ0n) is 22.4. The SMILES string of the molecule is Cc1nn2c(N3CCN(C(=O)OCc4ccccc4)CC3)cc(-c3cccc(CO)c3)nc2c1-c1ccccc1. The number of rotatable bonds is 6. The van der Waals surface area contributed by atoms with E-state index in [4.69, 9.17) is 14.8 Å². The smallest absolute Gasteiger partial charge is 0.410 e. The predicted molar refractivity (Wildman–Crippen MR) is 155 cm³/mol. The molecule has 1 amide bonds. The van der Waals surface area contributed by atoms with Gasteiger partial charge in [0.1, 0.15) is 12.4 Å². The highest BCUT2D eigenvalue weighted by atomic mass is 16.6. The predicted octanol–water partition coefficient (Wildman–Crippen LogP) is 5.32. The number of ether oxygens (including phenoxy) is 1. The molecule has 1 N–H and O–H groups in total. The minimum absolute atomic E-state index is 0.0354. The lowest BCUT2D eigenvalue weighted by molar-refractivity contribution is 0.0941. The fourth-order valence-corrected chi connectivity index (χ4v) is 5.18. The minimum atomic E-state index is -0.300. The van der Waals surface area contributed by atoms with Gasteiger partial charge < -0.3 is 19.6 Å². The number of amides is 1. The average molecular weight is 534 g/mol. The molecule has 8 heteroatoms. The molecule has 2 aromatic heterocycles. The Morgan fingerprint density at radius 3 is 2.25 bits per heavy atom. The number of anilines is 1. The summed E-state index contributed by atoms with van der Waals surface area (Å²) in [6, 6.07) is 29.8. The van der Waals surface area contributed by atoms with Gasteiger partial charge >= 0.3 is 6.09 Å². The van der Waals surface area contributed by atoms with Gasteiger partial charge in [0, 0.05) is 43.4 Å². The molecule has 1 saturated heterocycles. The van der Waals surface area contributed by atoms with Crippen molar-refractivity contribution in [3.63, 3.8) is 0 Å². The number of hydrogen-bond acceptors (Lipinski definition) is 6. The summed E-state index contributed by atoms with van der Waals surface area (Å²) in [6.45, 7) is 4.58. The number of fused-ring (bicyclic) bond motifs is 1. The van der Waals surface area contributed by atoms with E-state index in [0.29, 0.717) is 26.2 Å². The zero-order chi connectivity index (χ0) is 27.5. The van der Waals surface area contributed by atoms with E-state index in [9.17, 15) is 9.90 Å². The average Bonchev–Trinajstić information content (AvgIpc) is 3.36. The number of carbonyl (C=O) groups excluding carboxylic acids is 1. The van der Waals surface area contributed by atoms with Crippen LogP contribution in [0.5, 0.6) is 0 Å². The molecule has 0 spiro atoms. The number of carbonyl (C=O) groups is 1. The van der Waals surface area contributed by atoms with Gasteiger partial charge in [0.05, 0.1) is 18.0 Å². The molecular formula is C32H31N5O3. The van der Waals surface area contributed by atoms with Crippen molar-refractivity contribution in [3.05, 3.63) is 108 Å². The summed E-state index contributed by atoms with van der Waals surface area (Å²) in [6.07, 6.45) is -0.300. The first-order valence-electron chi connectivity index (χ1n) is 13.5. The number of nitrogens with zero attached hydrogens (tertiary/aromatic N) is 5. The van der Waals surface area contributed by atoms with Crippen LogP contribution in [0.1, 0.15) is 16.8 Å². The van der Waals surface area contributed by atoms with Gasteiger partial charge in [-0.2, -0.15) is 9.61 Å². The maximum Gasteiger partial charge on any atom is 0.410 e. The van der Waals surface area contributed by atoms with Crippen molar-refractivity contribution in [1.29, 1.82) is 0 Å². The van der Waals surface area contributed by atoms with Gasteiger partial charge in [-0.15, -0.1) is 0 Å². The number of aliphatic hydroxyl groups excluding tert-OH is 1. The maximum absolute atomic E-state index is 12.8. The van der Waals surface area contributed by atoms with Gasteiger partial charge in [-0.1, -0.05) is 78.9 Å². The molecule has 6 rings (SSSR count). The summed E-state index contributed by atoms with van der Waals surface area (Å²) < 4.78 is 7.48.